The van der Waals surface area contributed by atoms with Crippen molar-refractivity contribution in [3.05, 3.63) is 60.4 Å². The van der Waals surface area contributed by atoms with E-state index in [-0.39, 0.29) is 9.79 Å². The second kappa shape index (κ2) is 7.65. The molecule has 1 N–H and O–H groups in total. The van der Waals surface area contributed by atoms with Crippen LogP contribution in [0.15, 0.2) is 64.4 Å². The van der Waals surface area contributed by atoms with E-state index in [2.05, 4.69) is 28.2 Å². The van der Waals surface area contributed by atoms with Gasteiger partial charge in [-0.05, 0) is 37.4 Å². The maximum atomic E-state index is 13.6. The second-order valence-corrected chi connectivity index (χ2v) is 9.23. The first-order valence-corrected chi connectivity index (χ1v) is 11.1. The minimum absolute atomic E-state index is 0.0522. The highest BCUT2D eigenvalue weighted by Gasteiger charge is 2.24. The predicted octanol–water partition coefficient (Wildman–Crippen LogP) is 3.61. The van der Waals surface area contributed by atoms with Crippen LogP contribution in [-0.4, -0.2) is 53.6 Å². The van der Waals surface area contributed by atoms with Crippen molar-refractivity contribution in [3.63, 3.8) is 0 Å². The molecule has 0 radical (unpaired) electrons. The van der Waals surface area contributed by atoms with Crippen LogP contribution in [-0.2, 0) is 9.84 Å². The molecule has 7 heteroatoms. The average Bonchev–Trinajstić information content (AvgIpc) is 2.73. The zero-order valence-electron chi connectivity index (χ0n) is 16.5. The van der Waals surface area contributed by atoms with Crippen LogP contribution in [0.5, 0.6) is 0 Å². The number of benzene rings is 3. The molecule has 4 rings (SSSR count). The number of rotatable bonds is 4. The highest BCUT2D eigenvalue weighted by Crippen LogP contribution is 2.38. The Kier molecular flexibility index (Phi) is 5.19. The Morgan fingerprint density at radius 3 is 2.34 bits per heavy atom. The Labute approximate surface area is 170 Å². The van der Waals surface area contributed by atoms with Crippen LogP contribution < -0.4 is 10.2 Å². The summed E-state index contributed by atoms with van der Waals surface area (Å²) >= 11 is 0. The SMILES string of the molecule is CNc1c(S(=O)(=O)c2cccc(F)c2)ccc2c(N3CCN(C)CC3)cccc12. The van der Waals surface area contributed by atoms with E-state index in [0.29, 0.717) is 5.69 Å². The van der Waals surface area contributed by atoms with Crippen LogP contribution in [0.1, 0.15) is 0 Å². The number of sulfone groups is 1. The first-order chi connectivity index (χ1) is 13.9. The van der Waals surface area contributed by atoms with Gasteiger partial charge in [0.2, 0.25) is 9.84 Å². The van der Waals surface area contributed by atoms with Crippen molar-refractivity contribution in [2.45, 2.75) is 9.79 Å². The molecule has 1 aliphatic rings. The Morgan fingerprint density at radius 1 is 0.931 bits per heavy atom. The first kappa shape index (κ1) is 19.7. The molecule has 0 aromatic heterocycles. The van der Waals surface area contributed by atoms with Gasteiger partial charge in [-0.25, -0.2) is 12.8 Å². The number of nitrogens with one attached hydrogen (secondary N) is 1. The van der Waals surface area contributed by atoms with Crippen LogP contribution >= 0.6 is 0 Å². The van der Waals surface area contributed by atoms with E-state index in [1.165, 1.54) is 18.2 Å². The van der Waals surface area contributed by atoms with Gasteiger partial charge in [0.05, 0.1) is 15.5 Å². The lowest BCUT2D eigenvalue weighted by molar-refractivity contribution is 0.313. The Bertz CT molecular complexity index is 1160. The van der Waals surface area contributed by atoms with E-state index in [0.717, 1.165) is 48.7 Å². The Morgan fingerprint density at radius 2 is 1.66 bits per heavy atom. The number of hydrogen-bond acceptors (Lipinski definition) is 5. The molecule has 0 atom stereocenters. The van der Waals surface area contributed by atoms with E-state index in [4.69, 9.17) is 0 Å². The van der Waals surface area contributed by atoms with E-state index in [1.807, 2.05) is 18.2 Å². The summed E-state index contributed by atoms with van der Waals surface area (Å²) in [6, 6.07) is 14.6. The van der Waals surface area contributed by atoms with Gasteiger partial charge in [0.25, 0.3) is 0 Å². The molecule has 1 aliphatic heterocycles. The van der Waals surface area contributed by atoms with Crippen LogP contribution in [0.3, 0.4) is 0 Å². The first-order valence-electron chi connectivity index (χ1n) is 9.59. The van der Waals surface area contributed by atoms with Crippen LogP contribution in [0.2, 0.25) is 0 Å². The van der Waals surface area contributed by atoms with Gasteiger partial charge in [-0.3, -0.25) is 0 Å². The van der Waals surface area contributed by atoms with Crippen LogP contribution in [0, 0.1) is 5.82 Å². The third kappa shape index (κ3) is 3.56. The molecule has 0 spiro atoms. The molecule has 1 heterocycles. The number of anilines is 2. The summed E-state index contributed by atoms with van der Waals surface area (Å²) in [4.78, 5) is 4.73. The molecule has 0 saturated carbocycles. The van der Waals surface area contributed by atoms with E-state index >= 15 is 0 Å². The van der Waals surface area contributed by atoms with E-state index in [1.54, 1.807) is 13.1 Å². The maximum absolute atomic E-state index is 13.6. The molecule has 3 aromatic carbocycles. The minimum atomic E-state index is -3.86. The molecule has 5 nitrogen and oxygen atoms in total. The Balaban J connectivity index is 1.86. The summed E-state index contributed by atoms with van der Waals surface area (Å²) in [5.74, 6) is -0.574. The average molecular weight is 414 g/mol. The third-order valence-electron chi connectivity index (χ3n) is 5.49. The van der Waals surface area contributed by atoms with Crippen molar-refractivity contribution < 1.29 is 12.8 Å². The molecule has 0 amide bonds. The van der Waals surface area contributed by atoms with Gasteiger partial charge in [-0.1, -0.05) is 24.3 Å². The molecular formula is C22H24FN3O2S. The molecule has 3 aromatic rings. The van der Waals surface area contributed by atoms with Gasteiger partial charge in [-0.2, -0.15) is 0 Å². The fourth-order valence-electron chi connectivity index (χ4n) is 3.89. The predicted molar refractivity (Wildman–Crippen MR) is 115 cm³/mol. The summed E-state index contributed by atoms with van der Waals surface area (Å²) in [5, 5.41) is 4.90. The van der Waals surface area contributed by atoms with Crippen molar-refractivity contribution >= 4 is 32.0 Å². The van der Waals surface area contributed by atoms with Crippen molar-refractivity contribution in [2.75, 3.05) is 50.5 Å². The van der Waals surface area contributed by atoms with Crippen molar-refractivity contribution in [1.29, 1.82) is 0 Å². The molecule has 1 saturated heterocycles. The van der Waals surface area contributed by atoms with Crippen molar-refractivity contribution in [2.24, 2.45) is 0 Å². The fourth-order valence-corrected chi connectivity index (χ4v) is 5.39. The van der Waals surface area contributed by atoms with Gasteiger partial charge in [0.1, 0.15) is 5.82 Å². The normalized spacial score (nSPS) is 15.6. The zero-order chi connectivity index (χ0) is 20.6. The summed E-state index contributed by atoms with van der Waals surface area (Å²) in [6.07, 6.45) is 0. The lowest BCUT2D eigenvalue weighted by Crippen LogP contribution is -2.44. The molecule has 1 fully saturated rings. The summed E-state index contributed by atoms with van der Waals surface area (Å²) in [5.41, 5.74) is 1.63. The smallest absolute Gasteiger partial charge is 0.208 e. The van der Waals surface area contributed by atoms with Crippen molar-refractivity contribution in [1.82, 2.24) is 4.90 Å². The van der Waals surface area contributed by atoms with Gasteiger partial charge >= 0.3 is 0 Å². The zero-order valence-corrected chi connectivity index (χ0v) is 17.3. The van der Waals surface area contributed by atoms with Crippen molar-refractivity contribution in [3.8, 4) is 0 Å². The van der Waals surface area contributed by atoms with Crippen LogP contribution in [0.25, 0.3) is 10.8 Å². The number of halogens is 1. The monoisotopic (exact) mass is 413 g/mol. The highest BCUT2D eigenvalue weighted by molar-refractivity contribution is 7.91. The van der Waals surface area contributed by atoms with Gasteiger partial charge in [0.15, 0.2) is 0 Å². The summed E-state index contributed by atoms with van der Waals surface area (Å²) < 4.78 is 40.1. The number of likely N-dealkylation sites (N-methyl/N-ethyl adjacent to an activating group) is 1. The third-order valence-corrected chi connectivity index (χ3v) is 7.28. The summed E-state index contributed by atoms with van der Waals surface area (Å²) in [6.45, 7) is 3.82. The highest BCUT2D eigenvalue weighted by atomic mass is 32.2. The molecule has 0 unspecified atom stereocenters. The number of nitrogens with zero attached hydrogens (tertiary/aromatic N) is 2. The van der Waals surface area contributed by atoms with Gasteiger partial charge < -0.3 is 15.1 Å². The quantitative estimate of drug-likeness (QED) is 0.708. The number of fused-ring (bicyclic) bond motifs is 1. The standard InChI is InChI=1S/C22H24FN3O2S/c1-24-22-19-7-4-8-20(26-13-11-25(2)12-14-26)18(19)9-10-21(22)29(27,28)17-6-3-5-16(23)15-17/h3-10,15,24H,11-14H2,1-2H3. The molecular weight excluding hydrogens is 389 g/mol. The maximum Gasteiger partial charge on any atom is 0.208 e. The largest absolute Gasteiger partial charge is 0.387 e. The molecule has 0 aliphatic carbocycles. The molecule has 152 valence electrons. The summed E-state index contributed by atoms with van der Waals surface area (Å²) in [7, 11) is -0.0391. The lowest BCUT2D eigenvalue weighted by atomic mass is 10.1. The van der Waals surface area contributed by atoms with E-state index in [9.17, 15) is 12.8 Å². The van der Waals surface area contributed by atoms with Crippen LogP contribution in [0.4, 0.5) is 15.8 Å². The Hall–Kier alpha value is -2.64. The lowest BCUT2D eigenvalue weighted by Gasteiger charge is -2.34. The molecule has 29 heavy (non-hydrogen) atoms. The number of hydrogen-bond donors (Lipinski definition) is 1. The minimum Gasteiger partial charge on any atom is -0.387 e. The molecule has 0 bridgehead atoms. The van der Waals surface area contributed by atoms with Gasteiger partial charge in [0, 0.05) is 49.7 Å². The van der Waals surface area contributed by atoms with E-state index < -0.39 is 15.7 Å². The van der Waals surface area contributed by atoms with Gasteiger partial charge in [-0.15, -0.1) is 0 Å². The topological polar surface area (TPSA) is 52.7 Å². The number of piperazine rings is 1. The fraction of sp³-hybridized carbons (Fsp3) is 0.273. The second-order valence-electron chi connectivity index (χ2n) is 7.31.